The summed E-state index contributed by atoms with van der Waals surface area (Å²) in [6.07, 6.45) is 2.27. The minimum absolute atomic E-state index is 0.113. The van der Waals surface area contributed by atoms with Crippen molar-refractivity contribution in [1.82, 2.24) is 10.3 Å². The highest BCUT2D eigenvalue weighted by atomic mass is 16.2. The summed E-state index contributed by atoms with van der Waals surface area (Å²) >= 11 is 0. The van der Waals surface area contributed by atoms with Crippen LogP contribution in [0.1, 0.15) is 33.6 Å². The average molecular weight is 187 g/mol. The first-order valence-electron chi connectivity index (χ1n) is 4.91. The molecule has 4 nitrogen and oxygen atoms in total. The van der Waals surface area contributed by atoms with E-state index in [0.717, 1.165) is 25.9 Å². The van der Waals surface area contributed by atoms with Gasteiger partial charge in [0.1, 0.15) is 0 Å². The van der Waals surface area contributed by atoms with Crippen LogP contribution in [0.4, 0.5) is 0 Å². The van der Waals surface area contributed by atoms with E-state index in [1.54, 1.807) is 0 Å². The Morgan fingerprint density at radius 3 is 2.54 bits per heavy atom. The second-order valence-electron chi connectivity index (χ2n) is 3.17. The molecule has 3 N–H and O–H groups in total. The first-order valence-corrected chi connectivity index (χ1v) is 4.91. The van der Waals surface area contributed by atoms with Crippen molar-refractivity contribution in [3.05, 3.63) is 0 Å². The van der Waals surface area contributed by atoms with Crippen LogP contribution in [0, 0.1) is 0 Å². The van der Waals surface area contributed by atoms with E-state index in [9.17, 15) is 4.79 Å². The van der Waals surface area contributed by atoms with Crippen LogP contribution in [0.25, 0.3) is 0 Å². The molecule has 0 aliphatic carbocycles. The van der Waals surface area contributed by atoms with Gasteiger partial charge in [0.15, 0.2) is 0 Å². The number of amides is 1. The summed E-state index contributed by atoms with van der Waals surface area (Å²) in [5.41, 5.74) is 2.18. The van der Waals surface area contributed by atoms with Crippen LogP contribution in [0.5, 0.6) is 0 Å². The van der Waals surface area contributed by atoms with Crippen molar-refractivity contribution in [2.24, 2.45) is 5.84 Å². The van der Waals surface area contributed by atoms with Gasteiger partial charge in [-0.2, -0.15) is 0 Å². The minimum atomic E-state index is -0.124. The maximum atomic E-state index is 11.2. The molecule has 0 aromatic carbocycles. The predicted molar refractivity (Wildman–Crippen MR) is 53.9 cm³/mol. The lowest BCUT2D eigenvalue weighted by Gasteiger charge is -2.25. The Bertz CT molecular complexity index is 150. The van der Waals surface area contributed by atoms with Gasteiger partial charge in [0, 0.05) is 0 Å². The first kappa shape index (κ1) is 12.4. The topological polar surface area (TPSA) is 58.4 Å². The first-order chi connectivity index (χ1) is 6.17. The van der Waals surface area contributed by atoms with E-state index in [1.807, 2.05) is 6.92 Å². The number of nitrogens with one attached hydrogen (secondary N) is 1. The predicted octanol–water partition coefficient (Wildman–Crippen LogP) is 0.487. The summed E-state index contributed by atoms with van der Waals surface area (Å²) in [5.74, 6) is 4.95. The molecule has 0 aromatic rings. The van der Waals surface area contributed by atoms with E-state index >= 15 is 0 Å². The molecule has 0 aromatic heterocycles. The smallest absolute Gasteiger partial charge is 0.250 e. The number of hydrogen-bond acceptors (Lipinski definition) is 3. The molecule has 0 spiro atoms. The summed E-state index contributed by atoms with van der Waals surface area (Å²) in [4.78, 5) is 13.3. The van der Waals surface area contributed by atoms with Gasteiger partial charge in [-0.25, -0.2) is 5.84 Å². The molecule has 0 aliphatic heterocycles. The van der Waals surface area contributed by atoms with Gasteiger partial charge >= 0.3 is 0 Å². The zero-order valence-electron chi connectivity index (χ0n) is 8.84. The van der Waals surface area contributed by atoms with Crippen molar-refractivity contribution in [1.29, 1.82) is 0 Å². The van der Waals surface area contributed by atoms with Crippen LogP contribution in [0.15, 0.2) is 0 Å². The third-order valence-electron chi connectivity index (χ3n) is 2.27. The number of unbranched alkanes of at least 4 members (excludes halogenated alkanes) is 1. The van der Waals surface area contributed by atoms with Crippen molar-refractivity contribution >= 4 is 5.91 Å². The fraction of sp³-hybridized carbons (Fsp3) is 0.889. The Kier molecular flexibility index (Phi) is 6.54. The lowest BCUT2D eigenvalue weighted by molar-refractivity contribution is -0.125. The Hall–Kier alpha value is -0.610. The summed E-state index contributed by atoms with van der Waals surface area (Å²) in [6, 6.07) is -0.124. The van der Waals surface area contributed by atoms with Crippen LogP contribution in [-0.2, 0) is 4.79 Å². The number of hydrazine groups is 1. The normalized spacial score (nSPS) is 13.0. The van der Waals surface area contributed by atoms with Gasteiger partial charge in [-0.15, -0.1) is 0 Å². The molecule has 0 saturated heterocycles. The van der Waals surface area contributed by atoms with E-state index in [-0.39, 0.29) is 11.9 Å². The Morgan fingerprint density at radius 2 is 2.15 bits per heavy atom. The van der Waals surface area contributed by atoms with Gasteiger partial charge in [0.05, 0.1) is 6.04 Å². The van der Waals surface area contributed by atoms with Crippen LogP contribution in [0.2, 0.25) is 0 Å². The largest absolute Gasteiger partial charge is 0.293 e. The van der Waals surface area contributed by atoms with Gasteiger partial charge in [-0.05, 0) is 26.4 Å². The molecule has 1 unspecified atom stereocenters. The lowest BCUT2D eigenvalue weighted by Crippen LogP contribution is -2.47. The number of nitrogens with zero attached hydrogens (tertiary/aromatic N) is 1. The quantitative estimate of drug-likeness (QED) is 0.361. The molecule has 0 fully saturated rings. The Labute approximate surface area is 80.4 Å². The van der Waals surface area contributed by atoms with Crippen LogP contribution in [-0.4, -0.2) is 29.9 Å². The summed E-state index contributed by atoms with van der Waals surface area (Å²) < 4.78 is 0. The van der Waals surface area contributed by atoms with Crippen LogP contribution in [0.3, 0.4) is 0 Å². The molecule has 78 valence electrons. The Morgan fingerprint density at radius 1 is 1.54 bits per heavy atom. The molecular formula is C9H21N3O. The maximum absolute atomic E-state index is 11.2. The van der Waals surface area contributed by atoms with Crippen LogP contribution < -0.4 is 11.3 Å². The molecule has 1 atom stereocenters. The highest BCUT2D eigenvalue weighted by molar-refractivity contribution is 5.80. The van der Waals surface area contributed by atoms with Crippen molar-refractivity contribution in [3.63, 3.8) is 0 Å². The molecular weight excluding hydrogens is 166 g/mol. The zero-order chi connectivity index (χ0) is 10.3. The number of hydrogen-bond donors (Lipinski definition) is 2. The third kappa shape index (κ3) is 4.24. The Balaban J connectivity index is 3.98. The SMILES string of the molecule is CCCCN(CC)C(C)C(=O)NN. The van der Waals surface area contributed by atoms with Gasteiger partial charge in [0.2, 0.25) is 0 Å². The number of rotatable bonds is 6. The molecule has 0 heterocycles. The highest BCUT2D eigenvalue weighted by Crippen LogP contribution is 2.01. The molecule has 0 saturated carbocycles. The maximum Gasteiger partial charge on any atom is 0.250 e. The molecule has 0 bridgehead atoms. The molecule has 0 rings (SSSR count). The lowest BCUT2D eigenvalue weighted by atomic mass is 10.2. The van der Waals surface area contributed by atoms with Gasteiger partial charge in [-0.1, -0.05) is 20.3 Å². The molecule has 1 amide bonds. The fourth-order valence-corrected chi connectivity index (χ4v) is 1.27. The second-order valence-corrected chi connectivity index (χ2v) is 3.17. The zero-order valence-corrected chi connectivity index (χ0v) is 8.84. The highest BCUT2D eigenvalue weighted by Gasteiger charge is 2.17. The monoisotopic (exact) mass is 187 g/mol. The molecule has 0 radical (unpaired) electrons. The van der Waals surface area contributed by atoms with Gasteiger partial charge in [-0.3, -0.25) is 15.1 Å². The van der Waals surface area contributed by atoms with Gasteiger partial charge in [0.25, 0.3) is 5.91 Å². The van der Waals surface area contributed by atoms with Gasteiger partial charge < -0.3 is 0 Å². The third-order valence-corrected chi connectivity index (χ3v) is 2.27. The van der Waals surface area contributed by atoms with E-state index in [4.69, 9.17) is 5.84 Å². The molecule has 13 heavy (non-hydrogen) atoms. The number of likely N-dealkylation sites (N-methyl/N-ethyl adjacent to an activating group) is 1. The summed E-state index contributed by atoms with van der Waals surface area (Å²) in [6.45, 7) is 7.91. The average Bonchev–Trinajstić information content (AvgIpc) is 2.17. The second kappa shape index (κ2) is 6.86. The summed E-state index contributed by atoms with van der Waals surface area (Å²) in [7, 11) is 0. The van der Waals surface area contributed by atoms with Crippen molar-refractivity contribution in [3.8, 4) is 0 Å². The molecule has 0 aliphatic rings. The summed E-state index contributed by atoms with van der Waals surface area (Å²) in [5, 5.41) is 0. The van der Waals surface area contributed by atoms with Crippen molar-refractivity contribution in [2.45, 2.75) is 39.7 Å². The molecule has 4 heteroatoms. The van der Waals surface area contributed by atoms with E-state index < -0.39 is 0 Å². The van der Waals surface area contributed by atoms with Crippen LogP contribution >= 0.6 is 0 Å². The number of nitrogens with two attached hydrogens (primary N) is 1. The number of carbonyl (C=O) groups excluding carboxylic acids is 1. The van der Waals surface area contributed by atoms with Crippen molar-refractivity contribution in [2.75, 3.05) is 13.1 Å². The minimum Gasteiger partial charge on any atom is -0.293 e. The number of carbonyl (C=O) groups is 1. The standard InChI is InChI=1S/C9H21N3O/c1-4-6-7-12(5-2)8(3)9(13)11-10/h8H,4-7,10H2,1-3H3,(H,11,13). The van der Waals surface area contributed by atoms with Crippen molar-refractivity contribution < 1.29 is 4.79 Å². The van der Waals surface area contributed by atoms with E-state index in [0.29, 0.717) is 0 Å². The fourth-order valence-electron chi connectivity index (χ4n) is 1.27. The van der Waals surface area contributed by atoms with E-state index in [2.05, 4.69) is 24.2 Å². The van der Waals surface area contributed by atoms with E-state index in [1.165, 1.54) is 0 Å².